The molecule has 0 saturated carbocycles. The Balaban J connectivity index is 2.41. The van der Waals surface area contributed by atoms with Gasteiger partial charge in [0, 0.05) is 18.6 Å². The molecular weight excluding hydrogens is 284 g/mol. The number of hydrogen-bond donors (Lipinski definition) is 0. The van der Waals surface area contributed by atoms with Crippen molar-refractivity contribution in [3.63, 3.8) is 0 Å². The predicted molar refractivity (Wildman–Crippen MR) is 67.3 cm³/mol. The smallest absolute Gasteiger partial charge is 0.250 e. The quantitative estimate of drug-likeness (QED) is 0.786. The Labute approximate surface area is 108 Å². The maximum absolute atomic E-state index is 12.1. The number of hydrogen-bond acceptors (Lipinski definition) is 2. The van der Waals surface area contributed by atoms with Crippen molar-refractivity contribution in [3.8, 4) is 0 Å². The lowest BCUT2D eigenvalue weighted by Gasteiger charge is -2.36. The van der Waals surface area contributed by atoms with Crippen molar-refractivity contribution >= 4 is 27.7 Å². The van der Waals surface area contributed by atoms with Crippen LogP contribution in [0.25, 0.3) is 0 Å². The van der Waals surface area contributed by atoms with Gasteiger partial charge in [0.15, 0.2) is 0 Å². The van der Waals surface area contributed by atoms with Gasteiger partial charge in [0.2, 0.25) is 11.8 Å². The third kappa shape index (κ3) is 2.20. The number of benzene rings is 1. The van der Waals surface area contributed by atoms with Crippen LogP contribution < -0.4 is 0 Å². The van der Waals surface area contributed by atoms with Crippen LogP contribution in [0.3, 0.4) is 0 Å². The predicted octanol–water partition coefficient (Wildman–Crippen LogP) is 1.42. The zero-order valence-corrected chi connectivity index (χ0v) is 11.3. The van der Waals surface area contributed by atoms with E-state index in [0.29, 0.717) is 0 Å². The third-order valence-corrected chi connectivity index (χ3v) is 3.42. The van der Waals surface area contributed by atoms with E-state index in [-0.39, 0.29) is 18.4 Å². The number of nitrogens with zero attached hydrogens (tertiary/aromatic N) is 2. The van der Waals surface area contributed by atoms with Gasteiger partial charge >= 0.3 is 0 Å². The first-order valence-electron chi connectivity index (χ1n) is 5.27. The highest BCUT2D eigenvalue weighted by atomic mass is 79.9. The molecule has 0 aromatic heterocycles. The summed E-state index contributed by atoms with van der Waals surface area (Å²) in [6.07, 6.45) is 0. The molecule has 1 atom stereocenters. The Hall–Kier alpha value is -1.36. The molecule has 0 radical (unpaired) electrons. The molecule has 1 aromatic rings. The van der Waals surface area contributed by atoms with Gasteiger partial charge in [-0.1, -0.05) is 28.1 Å². The molecule has 1 fully saturated rings. The fourth-order valence-corrected chi connectivity index (χ4v) is 2.37. The molecule has 1 heterocycles. The lowest BCUT2D eigenvalue weighted by atomic mass is 10.0. The first kappa shape index (κ1) is 12.1. The average Bonchev–Trinajstić information content (AvgIpc) is 2.27. The van der Waals surface area contributed by atoms with Gasteiger partial charge in [-0.25, -0.2) is 0 Å². The van der Waals surface area contributed by atoms with Gasteiger partial charge in [-0.3, -0.25) is 9.59 Å². The Bertz CT molecular complexity index is 475. The van der Waals surface area contributed by atoms with Gasteiger partial charge < -0.3 is 9.80 Å². The lowest BCUT2D eigenvalue weighted by Crippen LogP contribution is -2.52. The number of piperazine rings is 1. The van der Waals surface area contributed by atoms with Crippen molar-refractivity contribution < 1.29 is 9.59 Å². The monoisotopic (exact) mass is 296 g/mol. The van der Waals surface area contributed by atoms with Gasteiger partial charge in [0.1, 0.15) is 6.04 Å². The maximum Gasteiger partial charge on any atom is 0.250 e. The van der Waals surface area contributed by atoms with Gasteiger partial charge in [-0.15, -0.1) is 0 Å². The standard InChI is InChI=1S/C12H13BrN2O2/c1-14-7-10(16)15(2)11(12(14)17)8-4-3-5-9(13)6-8/h3-6,11H,7H2,1-2H3/t11-/m1/s1. The molecule has 5 heteroatoms. The molecule has 0 spiro atoms. The van der Waals surface area contributed by atoms with Crippen LogP contribution in [0.4, 0.5) is 0 Å². The summed E-state index contributed by atoms with van der Waals surface area (Å²) in [5.74, 6) is -0.0951. The van der Waals surface area contributed by atoms with E-state index in [2.05, 4.69) is 15.9 Å². The highest BCUT2D eigenvalue weighted by Gasteiger charge is 2.36. The third-order valence-electron chi connectivity index (χ3n) is 2.93. The highest BCUT2D eigenvalue weighted by Crippen LogP contribution is 2.27. The number of likely N-dealkylation sites (N-methyl/N-ethyl adjacent to an activating group) is 2. The van der Waals surface area contributed by atoms with E-state index in [9.17, 15) is 9.59 Å². The first-order valence-corrected chi connectivity index (χ1v) is 6.06. The zero-order valence-electron chi connectivity index (χ0n) is 9.68. The van der Waals surface area contributed by atoms with Crippen LogP contribution in [0.5, 0.6) is 0 Å². The molecule has 2 rings (SSSR count). The van der Waals surface area contributed by atoms with Crippen molar-refractivity contribution in [2.75, 3.05) is 20.6 Å². The summed E-state index contributed by atoms with van der Waals surface area (Å²) in [5, 5.41) is 0. The molecule has 90 valence electrons. The minimum absolute atomic E-state index is 0.0444. The topological polar surface area (TPSA) is 40.6 Å². The number of amides is 2. The summed E-state index contributed by atoms with van der Waals surface area (Å²) in [4.78, 5) is 26.8. The van der Waals surface area contributed by atoms with Crippen LogP contribution >= 0.6 is 15.9 Å². The molecule has 1 aromatic carbocycles. The zero-order chi connectivity index (χ0) is 12.6. The molecule has 1 aliphatic heterocycles. The van der Waals surface area contributed by atoms with Crippen molar-refractivity contribution in [1.29, 1.82) is 0 Å². The van der Waals surface area contributed by atoms with E-state index in [1.165, 1.54) is 9.80 Å². The van der Waals surface area contributed by atoms with E-state index < -0.39 is 6.04 Å². The van der Waals surface area contributed by atoms with E-state index in [0.717, 1.165) is 10.0 Å². The molecule has 17 heavy (non-hydrogen) atoms. The number of carbonyl (C=O) groups is 2. The van der Waals surface area contributed by atoms with E-state index in [1.807, 2.05) is 24.3 Å². The maximum atomic E-state index is 12.1. The van der Waals surface area contributed by atoms with Gasteiger partial charge in [0.05, 0.1) is 6.54 Å². The second-order valence-electron chi connectivity index (χ2n) is 4.16. The fraction of sp³-hybridized carbons (Fsp3) is 0.333. The Kier molecular flexibility index (Phi) is 3.19. The highest BCUT2D eigenvalue weighted by molar-refractivity contribution is 9.10. The Morgan fingerprint density at radius 1 is 1.29 bits per heavy atom. The van der Waals surface area contributed by atoms with Crippen LogP contribution in [0, 0.1) is 0 Å². The van der Waals surface area contributed by atoms with Crippen molar-refractivity contribution in [2.45, 2.75) is 6.04 Å². The molecule has 0 N–H and O–H groups in total. The summed E-state index contributed by atoms with van der Waals surface area (Å²) < 4.78 is 0.900. The van der Waals surface area contributed by atoms with E-state index >= 15 is 0 Å². The summed E-state index contributed by atoms with van der Waals surface area (Å²) in [7, 11) is 3.32. The largest absolute Gasteiger partial charge is 0.334 e. The minimum atomic E-state index is -0.515. The first-order chi connectivity index (χ1) is 8.00. The van der Waals surface area contributed by atoms with E-state index in [1.54, 1.807) is 14.1 Å². The summed E-state index contributed by atoms with van der Waals surface area (Å²) >= 11 is 3.37. The van der Waals surface area contributed by atoms with Crippen LogP contribution in [0.2, 0.25) is 0 Å². The molecule has 0 unspecified atom stereocenters. The summed E-state index contributed by atoms with van der Waals surface area (Å²) in [6, 6.07) is 6.96. The van der Waals surface area contributed by atoms with Crippen molar-refractivity contribution in [2.24, 2.45) is 0 Å². The normalized spacial score (nSPS) is 21.0. The second kappa shape index (κ2) is 4.49. The molecule has 0 aliphatic carbocycles. The molecular formula is C12H13BrN2O2. The van der Waals surface area contributed by atoms with Crippen LogP contribution in [0.1, 0.15) is 11.6 Å². The SMILES string of the molecule is CN1CC(=O)N(C)[C@H](c2cccc(Br)c2)C1=O. The molecule has 2 amide bonds. The Morgan fingerprint density at radius 2 is 2.00 bits per heavy atom. The van der Waals surface area contributed by atoms with Crippen molar-refractivity contribution in [3.05, 3.63) is 34.3 Å². The molecule has 0 bridgehead atoms. The molecule has 4 nitrogen and oxygen atoms in total. The molecule has 1 aliphatic rings. The fourth-order valence-electron chi connectivity index (χ4n) is 1.95. The van der Waals surface area contributed by atoms with E-state index in [4.69, 9.17) is 0 Å². The number of halogens is 1. The lowest BCUT2D eigenvalue weighted by molar-refractivity contribution is -0.153. The summed E-state index contributed by atoms with van der Waals surface area (Å²) in [5.41, 5.74) is 0.826. The number of rotatable bonds is 1. The summed E-state index contributed by atoms with van der Waals surface area (Å²) in [6.45, 7) is 0.153. The Morgan fingerprint density at radius 3 is 2.65 bits per heavy atom. The van der Waals surface area contributed by atoms with Crippen LogP contribution in [-0.4, -0.2) is 42.3 Å². The van der Waals surface area contributed by atoms with Gasteiger partial charge in [0.25, 0.3) is 0 Å². The average molecular weight is 297 g/mol. The van der Waals surface area contributed by atoms with Crippen molar-refractivity contribution in [1.82, 2.24) is 9.80 Å². The minimum Gasteiger partial charge on any atom is -0.334 e. The number of carbonyl (C=O) groups excluding carboxylic acids is 2. The van der Waals surface area contributed by atoms with Gasteiger partial charge in [-0.05, 0) is 17.7 Å². The van der Waals surface area contributed by atoms with Crippen LogP contribution in [0.15, 0.2) is 28.7 Å². The molecule has 1 saturated heterocycles. The van der Waals surface area contributed by atoms with Gasteiger partial charge in [-0.2, -0.15) is 0 Å². The second-order valence-corrected chi connectivity index (χ2v) is 5.07. The van der Waals surface area contributed by atoms with Crippen LogP contribution in [-0.2, 0) is 9.59 Å².